The number of hydrogen-bond acceptors (Lipinski definition) is 6. The Morgan fingerprint density at radius 3 is 3.22 bits per heavy atom. The van der Waals surface area contributed by atoms with Gasteiger partial charge in [-0.1, -0.05) is 0 Å². The second-order valence-corrected chi connectivity index (χ2v) is 7.64. The smallest absolute Gasteiger partial charge is 0.409 e. The van der Waals surface area contributed by atoms with Crippen LogP contribution in [0.1, 0.15) is 36.3 Å². The zero-order valence-corrected chi connectivity index (χ0v) is 14.5. The molecular weight excluding hydrogens is 312 g/mol. The number of nitrogens with one attached hydrogen (secondary N) is 1. The molecule has 1 aromatic rings. The van der Waals surface area contributed by atoms with Crippen LogP contribution < -0.4 is 11.1 Å². The Bertz CT molecular complexity index is 548. The van der Waals surface area contributed by atoms with Gasteiger partial charge in [-0.2, -0.15) is 0 Å². The molecular formula is C16H26N4O2S. The van der Waals surface area contributed by atoms with Gasteiger partial charge in [0.25, 0.3) is 0 Å². The van der Waals surface area contributed by atoms with Gasteiger partial charge >= 0.3 is 6.09 Å². The number of nitrogens with two attached hydrogens (primary N) is 1. The number of thiazole rings is 1. The van der Waals surface area contributed by atoms with Crippen LogP contribution in [0.4, 0.5) is 9.93 Å². The molecule has 1 fully saturated rings. The largest absolute Gasteiger partial charge is 0.453 e. The summed E-state index contributed by atoms with van der Waals surface area (Å²) >= 11 is 1.64. The van der Waals surface area contributed by atoms with E-state index in [0.29, 0.717) is 17.1 Å². The van der Waals surface area contributed by atoms with E-state index in [9.17, 15) is 4.79 Å². The van der Waals surface area contributed by atoms with Crippen LogP contribution in [0.15, 0.2) is 0 Å². The molecule has 7 heteroatoms. The van der Waals surface area contributed by atoms with Gasteiger partial charge in [0.05, 0.1) is 12.8 Å². The van der Waals surface area contributed by atoms with Gasteiger partial charge in [-0.3, -0.25) is 0 Å². The summed E-state index contributed by atoms with van der Waals surface area (Å²) in [6.45, 7) is 2.73. The van der Waals surface area contributed by atoms with Gasteiger partial charge in [0.2, 0.25) is 0 Å². The summed E-state index contributed by atoms with van der Waals surface area (Å²) in [6.07, 6.45) is 6.49. The number of rotatable bonds is 5. The molecule has 1 amide bonds. The number of ether oxygens (including phenoxy) is 1. The molecule has 23 heavy (non-hydrogen) atoms. The number of aryl methyl sites for hydroxylation is 1. The molecule has 0 unspecified atom stereocenters. The number of fused-ring (bicyclic) bond motifs is 1. The highest BCUT2D eigenvalue weighted by atomic mass is 32.1. The highest BCUT2D eigenvalue weighted by Crippen LogP contribution is 2.28. The number of nitrogens with zero attached hydrogens (tertiary/aromatic N) is 2. The molecule has 3 N–H and O–H groups in total. The maximum Gasteiger partial charge on any atom is 0.409 e. The van der Waals surface area contributed by atoms with E-state index >= 15 is 0 Å². The second-order valence-electron chi connectivity index (χ2n) is 6.53. The Kier molecular flexibility index (Phi) is 5.38. The highest BCUT2D eigenvalue weighted by Gasteiger charge is 2.26. The fourth-order valence-corrected chi connectivity index (χ4v) is 4.59. The highest BCUT2D eigenvalue weighted by molar-refractivity contribution is 7.15. The van der Waals surface area contributed by atoms with Crippen LogP contribution in [0.3, 0.4) is 0 Å². The molecule has 2 aliphatic rings. The number of anilines is 1. The summed E-state index contributed by atoms with van der Waals surface area (Å²) in [5.74, 6) is 0.621. The van der Waals surface area contributed by atoms with Gasteiger partial charge in [-0.05, 0) is 51.0 Å². The third-order valence-corrected chi connectivity index (χ3v) is 5.85. The maximum atomic E-state index is 11.5. The molecule has 3 rings (SSSR count). The SMILES string of the molecule is COC(=O)N1CC[C@H](CCCN[C@H]2CCc3nc(N)sc3C2)C1. The van der Waals surface area contributed by atoms with Crippen LogP contribution in [-0.2, 0) is 17.6 Å². The van der Waals surface area contributed by atoms with E-state index in [1.807, 2.05) is 4.90 Å². The molecule has 2 atom stereocenters. The predicted molar refractivity (Wildman–Crippen MR) is 91.7 cm³/mol. The third-order valence-electron chi connectivity index (χ3n) is 4.90. The molecule has 0 aromatic carbocycles. The van der Waals surface area contributed by atoms with Crippen molar-refractivity contribution in [3.8, 4) is 0 Å². The zero-order chi connectivity index (χ0) is 16.2. The summed E-state index contributed by atoms with van der Waals surface area (Å²) in [6, 6.07) is 0.553. The van der Waals surface area contributed by atoms with E-state index in [1.165, 1.54) is 24.1 Å². The minimum atomic E-state index is -0.188. The Hall–Kier alpha value is -1.34. The number of carbonyl (C=O) groups excluding carboxylic acids is 1. The average Bonchev–Trinajstić information content (AvgIpc) is 3.15. The van der Waals surface area contributed by atoms with Crippen molar-refractivity contribution in [2.24, 2.45) is 5.92 Å². The summed E-state index contributed by atoms with van der Waals surface area (Å²) in [7, 11) is 1.45. The molecule has 6 nitrogen and oxygen atoms in total. The first kappa shape index (κ1) is 16.5. The fourth-order valence-electron chi connectivity index (χ4n) is 3.63. The quantitative estimate of drug-likeness (QED) is 0.803. The maximum absolute atomic E-state index is 11.5. The monoisotopic (exact) mass is 338 g/mol. The normalized spacial score (nSPS) is 23.8. The summed E-state index contributed by atoms with van der Waals surface area (Å²) < 4.78 is 4.78. The van der Waals surface area contributed by atoms with Crippen molar-refractivity contribution in [3.05, 3.63) is 10.6 Å². The lowest BCUT2D eigenvalue weighted by atomic mass is 9.97. The van der Waals surface area contributed by atoms with Crippen LogP contribution in [-0.4, -0.2) is 48.8 Å². The van der Waals surface area contributed by atoms with Crippen molar-refractivity contribution < 1.29 is 9.53 Å². The van der Waals surface area contributed by atoms with Crippen molar-refractivity contribution in [2.45, 2.75) is 44.6 Å². The molecule has 1 aliphatic carbocycles. The lowest BCUT2D eigenvalue weighted by molar-refractivity contribution is 0.131. The standard InChI is InChI=1S/C16H26N4O2S/c1-22-16(21)20-8-6-11(10-20)3-2-7-18-12-4-5-13-14(9-12)23-15(17)19-13/h11-12,18H,2-10H2,1H3,(H2,17,19)/t11-,12-/m0/s1. The van der Waals surface area contributed by atoms with E-state index in [2.05, 4.69) is 10.3 Å². The van der Waals surface area contributed by atoms with Crippen molar-refractivity contribution in [2.75, 3.05) is 32.5 Å². The van der Waals surface area contributed by atoms with Crippen molar-refractivity contribution >= 4 is 22.6 Å². The van der Waals surface area contributed by atoms with E-state index in [-0.39, 0.29) is 6.09 Å². The Labute approximate surface area is 141 Å². The number of hydrogen-bond donors (Lipinski definition) is 2. The number of methoxy groups -OCH3 is 1. The minimum Gasteiger partial charge on any atom is -0.453 e. The van der Waals surface area contributed by atoms with Crippen molar-refractivity contribution in [1.82, 2.24) is 15.2 Å². The Balaban J connectivity index is 1.33. The average molecular weight is 338 g/mol. The van der Waals surface area contributed by atoms with Gasteiger partial charge in [0.1, 0.15) is 0 Å². The minimum absolute atomic E-state index is 0.188. The molecule has 1 saturated heterocycles. The van der Waals surface area contributed by atoms with Crippen LogP contribution in [0.2, 0.25) is 0 Å². The van der Waals surface area contributed by atoms with Gasteiger partial charge in [-0.25, -0.2) is 9.78 Å². The number of nitrogen functional groups attached to an aromatic ring is 1. The van der Waals surface area contributed by atoms with Gasteiger partial charge in [0.15, 0.2) is 5.13 Å². The van der Waals surface area contributed by atoms with Crippen LogP contribution in [0, 0.1) is 5.92 Å². The van der Waals surface area contributed by atoms with Crippen LogP contribution in [0.25, 0.3) is 0 Å². The number of amides is 1. The first-order chi connectivity index (χ1) is 11.2. The molecule has 1 aromatic heterocycles. The lowest BCUT2D eigenvalue weighted by Gasteiger charge is -2.22. The number of likely N-dealkylation sites (tertiary alicyclic amines) is 1. The predicted octanol–water partition coefficient (Wildman–Crippen LogP) is 2.04. The van der Waals surface area contributed by atoms with Gasteiger partial charge < -0.3 is 20.7 Å². The van der Waals surface area contributed by atoms with Gasteiger partial charge in [0, 0.05) is 24.0 Å². The summed E-state index contributed by atoms with van der Waals surface area (Å²) in [5.41, 5.74) is 7.00. The molecule has 128 valence electrons. The van der Waals surface area contributed by atoms with Crippen LogP contribution in [0.5, 0.6) is 0 Å². The number of carbonyl (C=O) groups is 1. The molecule has 0 radical (unpaired) electrons. The second kappa shape index (κ2) is 7.49. The molecule has 1 aliphatic heterocycles. The van der Waals surface area contributed by atoms with E-state index in [1.54, 1.807) is 11.3 Å². The third kappa shape index (κ3) is 4.14. The number of aromatic nitrogens is 1. The Morgan fingerprint density at radius 2 is 2.39 bits per heavy atom. The topological polar surface area (TPSA) is 80.5 Å². The Morgan fingerprint density at radius 1 is 1.52 bits per heavy atom. The first-order valence-corrected chi connectivity index (χ1v) is 9.27. The summed E-state index contributed by atoms with van der Waals surface area (Å²) in [5, 5.41) is 4.37. The van der Waals surface area contributed by atoms with E-state index < -0.39 is 0 Å². The summed E-state index contributed by atoms with van der Waals surface area (Å²) in [4.78, 5) is 19.0. The van der Waals surface area contributed by atoms with Crippen LogP contribution >= 0.6 is 11.3 Å². The molecule has 0 spiro atoms. The van der Waals surface area contributed by atoms with E-state index in [0.717, 1.165) is 51.7 Å². The first-order valence-electron chi connectivity index (χ1n) is 8.46. The molecule has 0 saturated carbocycles. The van der Waals surface area contributed by atoms with E-state index in [4.69, 9.17) is 10.5 Å². The lowest BCUT2D eigenvalue weighted by Crippen LogP contribution is -2.35. The van der Waals surface area contributed by atoms with Crippen molar-refractivity contribution in [1.29, 1.82) is 0 Å². The fraction of sp³-hybridized carbons (Fsp3) is 0.750. The molecule has 0 bridgehead atoms. The molecule has 2 heterocycles. The van der Waals surface area contributed by atoms with Gasteiger partial charge in [-0.15, -0.1) is 11.3 Å². The zero-order valence-electron chi connectivity index (χ0n) is 13.7. The van der Waals surface area contributed by atoms with Crippen molar-refractivity contribution in [3.63, 3.8) is 0 Å².